The van der Waals surface area contributed by atoms with E-state index in [9.17, 15) is 13.2 Å². The van der Waals surface area contributed by atoms with Crippen LogP contribution in [0.15, 0.2) is 29.3 Å². The monoisotopic (exact) mass is 347 g/mol. The van der Waals surface area contributed by atoms with Gasteiger partial charge in [-0.3, -0.25) is 4.99 Å². The molecule has 0 amide bonds. The minimum Gasteiger partial charge on any atom is -0.357 e. The normalized spacial score (nSPS) is 17.0. The van der Waals surface area contributed by atoms with Gasteiger partial charge in [0.15, 0.2) is 5.96 Å². The standard InChI is InChI=1S/C16H21ClF3N3/c1-2-21-14(22-9-8-16(18,19)20)23-11-15(6-7-15)12-4-3-5-13(17)10-12/h3-5,10H,2,6-9,11H2,1H3,(H2,21,22,23). The lowest BCUT2D eigenvalue weighted by atomic mass is 9.96. The van der Waals surface area contributed by atoms with Gasteiger partial charge < -0.3 is 10.6 Å². The van der Waals surface area contributed by atoms with Gasteiger partial charge in [0.1, 0.15) is 0 Å². The Morgan fingerprint density at radius 2 is 2.04 bits per heavy atom. The van der Waals surface area contributed by atoms with Crippen LogP contribution in [-0.2, 0) is 5.41 Å². The summed E-state index contributed by atoms with van der Waals surface area (Å²) in [6.07, 6.45) is -3.02. The first-order chi connectivity index (χ1) is 10.8. The second kappa shape index (κ2) is 7.43. The Morgan fingerprint density at radius 1 is 1.30 bits per heavy atom. The molecule has 1 aromatic carbocycles. The van der Waals surface area contributed by atoms with E-state index in [0.717, 1.165) is 18.4 Å². The minimum absolute atomic E-state index is 0.0305. The fourth-order valence-electron chi connectivity index (χ4n) is 2.40. The van der Waals surface area contributed by atoms with Gasteiger partial charge in [0.2, 0.25) is 0 Å². The molecular formula is C16H21ClF3N3. The Labute approximate surface area is 139 Å². The smallest absolute Gasteiger partial charge is 0.357 e. The van der Waals surface area contributed by atoms with Gasteiger partial charge in [0, 0.05) is 23.5 Å². The summed E-state index contributed by atoms with van der Waals surface area (Å²) < 4.78 is 36.7. The van der Waals surface area contributed by atoms with E-state index in [-0.39, 0.29) is 12.0 Å². The van der Waals surface area contributed by atoms with Crippen LogP contribution in [0.4, 0.5) is 13.2 Å². The van der Waals surface area contributed by atoms with E-state index in [0.29, 0.717) is 24.1 Å². The van der Waals surface area contributed by atoms with Crippen LogP contribution in [0.1, 0.15) is 31.7 Å². The Hall–Kier alpha value is -1.43. The molecule has 128 valence electrons. The van der Waals surface area contributed by atoms with Crippen molar-refractivity contribution >= 4 is 17.6 Å². The first kappa shape index (κ1) is 17.9. The molecule has 0 unspecified atom stereocenters. The summed E-state index contributed by atoms with van der Waals surface area (Å²) in [5.74, 6) is 0.421. The van der Waals surface area contributed by atoms with E-state index >= 15 is 0 Å². The molecule has 1 fully saturated rings. The topological polar surface area (TPSA) is 36.4 Å². The van der Waals surface area contributed by atoms with Gasteiger partial charge in [-0.2, -0.15) is 13.2 Å². The van der Waals surface area contributed by atoms with Gasteiger partial charge in [-0.1, -0.05) is 23.7 Å². The number of hydrogen-bond acceptors (Lipinski definition) is 1. The van der Waals surface area contributed by atoms with Crippen LogP contribution in [0.25, 0.3) is 0 Å². The van der Waals surface area contributed by atoms with Gasteiger partial charge >= 0.3 is 6.18 Å². The molecule has 2 N–H and O–H groups in total. The maximum Gasteiger partial charge on any atom is 0.390 e. The summed E-state index contributed by atoms with van der Waals surface area (Å²) >= 11 is 6.04. The Balaban J connectivity index is 1.97. The van der Waals surface area contributed by atoms with Crippen molar-refractivity contribution in [3.8, 4) is 0 Å². The molecule has 0 saturated heterocycles. The van der Waals surface area contributed by atoms with Crippen molar-refractivity contribution in [3.05, 3.63) is 34.9 Å². The highest BCUT2D eigenvalue weighted by molar-refractivity contribution is 6.30. The molecule has 3 nitrogen and oxygen atoms in total. The molecule has 0 aliphatic heterocycles. The molecule has 0 aromatic heterocycles. The van der Waals surface area contributed by atoms with E-state index in [1.54, 1.807) is 0 Å². The van der Waals surface area contributed by atoms with Crippen molar-refractivity contribution in [1.82, 2.24) is 10.6 Å². The molecule has 0 bridgehead atoms. The molecule has 1 aliphatic rings. The zero-order chi connectivity index (χ0) is 16.9. The lowest BCUT2D eigenvalue weighted by Gasteiger charge is -2.16. The average Bonchev–Trinajstić information content (AvgIpc) is 3.25. The second-order valence-electron chi connectivity index (χ2n) is 5.78. The minimum atomic E-state index is -4.16. The molecule has 23 heavy (non-hydrogen) atoms. The highest BCUT2D eigenvalue weighted by atomic mass is 35.5. The number of hydrogen-bond donors (Lipinski definition) is 2. The van der Waals surface area contributed by atoms with Gasteiger partial charge in [0.05, 0.1) is 13.0 Å². The average molecular weight is 348 g/mol. The predicted molar refractivity (Wildman–Crippen MR) is 87.0 cm³/mol. The van der Waals surface area contributed by atoms with Crippen LogP contribution in [0, 0.1) is 0 Å². The fourth-order valence-corrected chi connectivity index (χ4v) is 2.59. The summed E-state index contributed by atoms with van der Waals surface area (Å²) in [5.41, 5.74) is 1.11. The maximum atomic E-state index is 12.2. The molecule has 0 heterocycles. The largest absolute Gasteiger partial charge is 0.390 e. The lowest BCUT2D eigenvalue weighted by molar-refractivity contribution is -0.132. The van der Waals surface area contributed by atoms with E-state index in [1.807, 2.05) is 31.2 Å². The van der Waals surface area contributed by atoms with Crippen molar-refractivity contribution in [2.24, 2.45) is 4.99 Å². The van der Waals surface area contributed by atoms with Crippen LogP contribution >= 0.6 is 11.6 Å². The van der Waals surface area contributed by atoms with E-state index in [2.05, 4.69) is 15.6 Å². The van der Waals surface area contributed by atoms with Gasteiger partial charge in [-0.25, -0.2) is 0 Å². The van der Waals surface area contributed by atoms with Gasteiger partial charge in [0.25, 0.3) is 0 Å². The van der Waals surface area contributed by atoms with Crippen molar-refractivity contribution in [2.75, 3.05) is 19.6 Å². The molecule has 0 atom stereocenters. The third-order valence-corrected chi connectivity index (χ3v) is 4.11. The number of guanidine groups is 1. The zero-order valence-corrected chi connectivity index (χ0v) is 13.8. The van der Waals surface area contributed by atoms with E-state index < -0.39 is 12.6 Å². The number of rotatable bonds is 6. The number of nitrogens with zero attached hydrogens (tertiary/aromatic N) is 1. The van der Waals surface area contributed by atoms with Crippen LogP contribution in [0.3, 0.4) is 0 Å². The predicted octanol–water partition coefficient (Wildman–Crippen LogP) is 3.88. The third kappa shape index (κ3) is 5.61. The molecule has 1 aromatic rings. The van der Waals surface area contributed by atoms with E-state index in [4.69, 9.17) is 11.6 Å². The van der Waals surface area contributed by atoms with Crippen molar-refractivity contribution in [1.29, 1.82) is 0 Å². The first-order valence-corrected chi connectivity index (χ1v) is 8.07. The quantitative estimate of drug-likeness (QED) is 0.605. The van der Waals surface area contributed by atoms with Crippen molar-refractivity contribution in [2.45, 2.75) is 37.8 Å². The van der Waals surface area contributed by atoms with E-state index in [1.165, 1.54) is 0 Å². The van der Waals surface area contributed by atoms with Crippen LogP contribution in [0.2, 0.25) is 5.02 Å². The molecule has 2 rings (SSSR count). The molecule has 1 saturated carbocycles. The molecule has 0 radical (unpaired) electrons. The number of nitrogens with one attached hydrogen (secondary N) is 2. The van der Waals surface area contributed by atoms with Crippen LogP contribution < -0.4 is 10.6 Å². The molecule has 1 aliphatic carbocycles. The van der Waals surface area contributed by atoms with Crippen LogP contribution in [0.5, 0.6) is 0 Å². The Kier molecular flexibility index (Phi) is 5.79. The number of aliphatic imine (C=N–C) groups is 1. The fraction of sp³-hybridized carbons (Fsp3) is 0.562. The Bertz CT molecular complexity index is 554. The summed E-state index contributed by atoms with van der Waals surface area (Å²) in [4.78, 5) is 4.46. The van der Waals surface area contributed by atoms with Gasteiger partial charge in [-0.15, -0.1) is 0 Å². The van der Waals surface area contributed by atoms with Gasteiger partial charge in [-0.05, 0) is 37.5 Å². The molecule has 0 spiro atoms. The summed E-state index contributed by atoms with van der Waals surface area (Å²) in [7, 11) is 0. The summed E-state index contributed by atoms with van der Waals surface area (Å²) in [5, 5.41) is 6.40. The second-order valence-corrected chi connectivity index (χ2v) is 6.21. The Morgan fingerprint density at radius 3 is 2.61 bits per heavy atom. The van der Waals surface area contributed by atoms with Crippen LogP contribution in [-0.4, -0.2) is 31.8 Å². The first-order valence-electron chi connectivity index (χ1n) is 7.70. The summed E-state index contributed by atoms with van der Waals surface area (Å²) in [6, 6.07) is 7.70. The summed E-state index contributed by atoms with van der Waals surface area (Å²) in [6.45, 7) is 2.83. The van der Waals surface area contributed by atoms with Crippen molar-refractivity contribution < 1.29 is 13.2 Å². The maximum absolute atomic E-state index is 12.2. The molecular weight excluding hydrogens is 327 g/mol. The highest BCUT2D eigenvalue weighted by Gasteiger charge is 2.44. The lowest BCUT2D eigenvalue weighted by Crippen LogP contribution is -2.39. The SMILES string of the molecule is CCNC(=NCC1(c2cccc(Cl)c2)CC1)NCCC(F)(F)F. The highest BCUT2D eigenvalue weighted by Crippen LogP contribution is 2.48. The number of alkyl halides is 3. The van der Waals surface area contributed by atoms with Crippen molar-refractivity contribution in [3.63, 3.8) is 0 Å². The zero-order valence-electron chi connectivity index (χ0n) is 13.0. The third-order valence-electron chi connectivity index (χ3n) is 3.88. The number of benzene rings is 1. The molecule has 7 heteroatoms. The number of halogens is 4.